The molecule has 0 spiro atoms. The number of nitrogens with one attached hydrogen (secondary N) is 3. The van der Waals surface area contributed by atoms with Gasteiger partial charge in [0.2, 0.25) is 5.88 Å². The predicted molar refractivity (Wildman–Crippen MR) is 133 cm³/mol. The second kappa shape index (κ2) is 10.8. The zero-order valence-corrected chi connectivity index (χ0v) is 19.4. The minimum absolute atomic E-state index is 0.0212. The van der Waals surface area contributed by atoms with Crippen LogP contribution in [0.4, 0.5) is 13.2 Å². The van der Waals surface area contributed by atoms with Gasteiger partial charge in [0.05, 0.1) is 22.7 Å². The molecule has 4 rings (SSSR count). The lowest BCUT2D eigenvalue weighted by atomic mass is 10.0. The molecule has 0 saturated carbocycles. The van der Waals surface area contributed by atoms with E-state index in [0.717, 1.165) is 6.07 Å². The van der Waals surface area contributed by atoms with Gasteiger partial charge < -0.3 is 20.1 Å². The lowest BCUT2D eigenvalue weighted by Crippen LogP contribution is -2.28. The number of benzene rings is 2. The maximum absolute atomic E-state index is 13.4. The molecule has 2 heterocycles. The molecule has 38 heavy (non-hydrogen) atoms. The third-order valence-corrected chi connectivity index (χ3v) is 5.44. The maximum atomic E-state index is 13.4. The van der Waals surface area contributed by atoms with E-state index in [0.29, 0.717) is 5.56 Å². The summed E-state index contributed by atoms with van der Waals surface area (Å²) in [7, 11) is -3.01. The van der Waals surface area contributed by atoms with Gasteiger partial charge in [-0.3, -0.25) is 14.7 Å². The quantitative estimate of drug-likeness (QED) is 0.299. The van der Waals surface area contributed by atoms with E-state index in [1.165, 1.54) is 55.6 Å². The molecule has 0 aliphatic rings. The molecule has 3 N–H and O–H groups in total. The fourth-order valence-electron chi connectivity index (χ4n) is 3.75. The van der Waals surface area contributed by atoms with Gasteiger partial charge >= 0.3 is 6.36 Å². The highest BCUT2D eigenvalue weighted by atomic mass is 19.4. The van der Waals surface area contributed by atoms with E-state index in [-0.39, 0.29) is 33.3 Å². The number of fused-ring (bicyclic) bond motifs is 1. The molecule has 0 saturated heterocycles. The first kappa shape index (κ1) is 17.8. The summed E-state index contributed by atoms with van der Waals surface area (Å²) in [6.07, 6.45) is -3.80. The lowest BCUT2D eigenvalue weighted by Gasteiger charge is -2.19. The van der Waals surface area contributed by atoms with Crippen molar-refractivity contribution < 1.29 is 43.2 Å². The molecule has 0 radical (unpaired) electrons. The van der Waals surface area contributed by atoms with Crippen molar-refractivity contribution in [3.63, 3.8) is 0 Å². The summed E-state index contributed by atoms with van der Waals surface area (Å²) in [6.45, 7) is -4.80. The first-order valence-electron chi connectivity index (χ1n) is 14.8. The third kappa shape index (κ3) is 5.69. The molecule has 0 aliphatic carbocycles. The number of methoxy groups -OCH3 is 1. The van der Waals surface area contributed by atoms with Crippen LogP contribution >= 0.6 is 0 Å². The van der Waals surface area contributed by atoms with Crippen molar-refractivity contribution in [3.05, 3.63) is 71.5 Å². The third-order valence-electron chi connectivity index (χ3n) is 5.44. The van der Waals surface area contributed by atoms with Crippen molar-refractivity contribution in [1.29, 1.82) is 0 Å². The van der Waals surface area contributed by atoms with Crippen LogP contribution in [0.25, 0.3) is 22.0 Å². The zero-order valence-electron chi connectivity index (χ0n) is 27.4. The number of hydrogen-bond donors (Lipinski definition) is 3. The Kier molecular flexibility index (Phi) is 5.05. The number of pyridine rings is 1. The van der Waals surface area contributed by atoms with E-state index in [4.69, 9.17) is 15.7 Å². The molecule has 198 valence electrons. The number of amides is 2. The van der Waals surface area contributed by atoms with Crippen LogP contribution in [0.1, 0.15) is 57.2 Å². The highest BCUT2D eigenvalue weighted by Gasteiger charge is 2.33. The Morgan fingerprint density at radius 3 is 2.74 bits per heavy atom. The van der Waals surface area contributed by atoms with Gasteiger partial charge in [0, 0.05) is 36.1 Å². The minimum atomic E-state index is -5.00. The van der Waals surface area contributed by atoms with Crippen molar-refractivity contribution in [2.24, 2.45) is 0 Å². The molecule has 2 aromatic carbocycles. The molecule has 0 fully saturated rings. The van der Waals surface area contributed by atoms with Crippen LogP contribution in [0.5, 0.6) is 11.6 Å². The average molecular weight is 536 g/mol. The lowest BCUT2D eigenvalue weighted by molar-refractivity contribution is -0.275. The number of nitrogens with zero attached hydrogens (tertiary/aromatic N) is 2. The van der Waals surface area contributed by atoms with E-state index >= 15 is 0 Å². The van der Waals surface area contributed by atoms with E-state index in [1.807, 2.05) is 0 Å². The molecule has 0 aliphatic heterocycles. The van der Waals surface area contributed by atoms with E-state index < -0.39 is 56.2 Å². The molecule has 1 unspecified atom stereocenters. The van der Waals surface area contributed by atoms with Crippen LogP contribution in [-0.2, 0) is 0 Å². The van der Waals surface area contributed by atoms with Crippen LogP contribution in [0.2, 0.25) is 0 Å². The number of aromatic amines is 1. The van der Waals surface area contributed by atoms with Crippen molar-refractivity contribution in [1.82, 2.24) is 25.8 Å². The first-order valence-corrected chi connectivity index (χ1v) is 10.8. The molecule has 4 aromatic rings. The summed E-state index contributed by atoms with van der Waals surface area (Å²) in [5.74, 6) is -3.17. The van der Waals surface area contributed by atoms with E-state index in [9.17, 15) is 22.8 Å². The summed E-state index contributed by atoms with van der Waals surface area (Å²) in [4.78, 5) is 30.0. The van der Waals surface area contributed by atoms with E-state index in [2.05, 4.69) is 25.2 Å². The molecule has 2 amide bonds. The summed E-state index contributed by atoms with van der Waals surface area (Å²) in [5.41, 5.74) is 0.190. The average Bonchev–Trinajstić information content (AvgIpc) is 3.34. The molecular weight excluding hydrogens is 503 g/mol. The summed E-state index contributed by atoms with van der Waals surface area (Å²) < 4.78 is 107. The topological polar surface area (TPSA) is 118 Å². The smallest absolute Gasteiger partial charge is 0.480 e. The van der Waals surface area contributed by atoms with Crippen LogP contribution in [0.15, 0.2) is 54.7 Å². The Morgan fingerprint density at radius 2 is 1.97 bits per heavy atom. The number of ether oxygens (including phenoxy) is 2. The molecule has 0 bridgehead atoms. The fraction of sp³-hybridized carbons (Fsp3) is 0.231. The standard InChI is InChI=1S/C26H24F3N5O4/c1-4-30-24(36)22-18-10-9-15(12-20(18)33-34-22)16-11-19(25(37-3)31-13-16)23(35)32-14(2)17-7-5-6-8-21(17)38-26(27,28)29/h5-14H,4H2,1-3H3,(H,30,36)(H,32,35)(H,33,34)/i1D3,3D3,4D2. The van der Waals surface area contributed by atoms with Gasteiger partial charge in [-0.25, -0.2) is 4.98 Å². The van der Waals surface area contributed by atoms with Crippen molar-refractivity contribution >= 4 is 22.7 Å². The zero-order chi connectivity index (χ0) is 34.2. The Bertz CT molecular complexity index is 1780. The second-order valence-electron chi connectivity index (χ2n) is 7.87. The van der Waals surface area contributed by atoms with Crippen LogP contribution in [0.3, 0.4) is 0 Å². The van der Waals surface area contributed by atoms with Crippen molar-refractivity contribution in [2.45, 2.75) is 26.2 Å². The van der Waals surface area contributed by atoms with Gasteiger partial charge in [0.25, 0.3) is 11.8 Å². The SMILES string of the molecule is [2H]C([2H])([2H])Oc1ncc(-c2ccc3c(C(=O)NC([2H])([2H])C([2H])([2H])[2H])n[nH]c3c2)cc1C(=O)NC(C)c1ccccc1OC(F)(F)F. The molecule has 9 nitrogen and oxygen atoms in total. The summed E-state index contributed by atoms with van der Waals surface area (Å²) >= 11 is 0. The molecule has 2 aromatic heterocycles. The monoisotopic (exact) mass is 535 g/mol. The number of halogens is 3. The van der Waals surface area contributed by atoms with Gasteiger partial charge in [-0.1, -0.05) is 24.3 Å². The number of alkyl halides is 3. The van der Waals surface area contributed by atoms with Crippen molar-refractivity contribution in [3.8, 4) is 22.8 Å². The summed E-state index contributed by atoms with van der Waals surface area (Å²) in [5, 5.41) is 10.9. The summed E-state index contributed by atoms with van der Waals surface area (Å²) in [6, 6.07) is 9.69. The normalized spacial score (nSPS) is 16.3. The van der Waals surface area contributed by atoms with Crippen LogP contribution in [-0.4, -0.2) is 46.9 Å². The minimum Gasteiger partial charge on any atom is -0.480 e. The maximum Gasteiger partial charge on any atom is 0.573 e. The Balaban J connectivity index is 1.66. The second-order valence-corrected chi connectivity index (χ2v) is 7.87. The van der Waals surface area contributed by atoms with Gasteiger partial charge in [-0.2, -0.15) is 5.10 Å². The highest BCUT2D eigenvalue weighted by Crippen LogP contribution is 2.31. The van der Waals surface area contributed by atoms with Gasteiger partial charge in [-0.15, -0.1) is 13.2 Å². The number of rotatable bonds is 8. The number of H-pyrrole nitrogens is 1. The van der Waals surface area contributed by atoms with E-state index in [1.54, 1.807) is 5.32 Å². The number of aromatic nitrogens is 3. The number of carbonyl (C=O) groups is 2. The van der Waals surface area contributed by atoms with Gasteiger partial charge in [-0.05, 0) is 43.6 Å². The van der Waals surface area contributed by atoms with Crippen LogP contribution in [0, 0.1) is 0 Å². The van der Waals surface area contributed by atoms with Crippen molar-refractivity contribution in [2.75, 3.05) is 13.5 Å². The molecular formula is C26H24F3N5O4. The van der Waals surface area contributed by atoms with Gasteiger partial charge in [0.1, 0.15) is 11.3 Å². The van der Waals surface area contributed by atoms with Gasteiger partial charge in [0.15, 0.2) is 5.69 Å². The Morgan fingerprint density at radius 1 is 1.16 bits per heavy atom. The predicted octanol–water partition coefficient (Wildman–Crippen LogP) is 4.77. The number of hydrogen-bond acceptors (Lipinski definition) is 6. The number of carbonyl (C=O) groups excluding carboxylic acids is 2. The largest absolute Gasteiger partial charge is 0.573 e. The molecule has 12 heteroatoms. The molecule has 1 atom stereocenters. The highest BCUT2D eigenvalue weighted by molar-refractivity contribution is 6.05. The first-order chi connectivity index (χ1) is 21.1. The number of para-hydroxylation sites is 1. The Labute approximate surface area is 226 Å². The van der Waals surface area contributed by atoms with Crippen LogP contribution < -0.4 is 20.1 Å². The Hall–Kier alpha value is -4.61. The fourth-order valence-corrected chi connectivity index (χ4v) is 3.75.